The van der Waals surface area contributed by atoms with Gasteiger partial charge in [0.2, 0.25) is 10.0 Å². The van der Waals surface area contributed by atoms with Gasteiger partial charge in [-0.25, -0.2) is 18.1 Å². The van der Waals surface area contributed by atoms with E-state index in [4.69, 9.17) is 4.74 Å². The molecule has 1 unspecified atom stereocenters. The van der Waals surface area contributed by atoms with Crippen LogP contribution in [0.15, 0.2) is 11.0 Å². The van der Waals surface area contributed by atoms with Crippen molar-refractivity contribution in [1.29, 1.82) is 0 Å². The lowest BCUT2D eigenvalue weighted by Crippen LogP contribution is -2.40. The number of aromatic nitrogens is 2. The number of nitrogens with one attached hydrogen (secondary N) is 1. The first-order chi connectivity index (χ1) is 13.7. The highest BCUT2D eigenvalue weighted by Gasteiger charge is 2.27. The molecule has 1 saturated heterocycles. The highest BCUT2D eigenvalue weighted by molar-refractivity contribution is 7.89. The number of amides is 1. The fourth-order valence-electron chi connectivity index (χ4n) is 3.17. The maximum atomic E-state index is 12.9. The van der Waals surface area contributed by atoms with Gasteiger partial charge in [0.15, 0.2) is 0 Å². The Hall–Kier alpha value is -1.75. The lowest BCUT2D eigenvalue weighted by molar-refractivity contribution is 0.0305. The van der Waals surface area contributed by atoms with Gasteiger partial charge in [0, 0.05) is 31.9 Å². The summed E-state index contributed by atoms with van der Waals surface area (Å²) in [7, 11) is -1.82. The monoisotopic (exact) mass is 440 g/mol. The molecule has 0 aromatic carbocycles. The van der Waals surface area contributed by atoms with Crippen LogP contribution in [0.4, 0.5) is 0 Å². The summed E-state index contributed by atoms with van der Waals surface area (Å²) in [6.07, 6.45) is 0.705. The van der Waals surface area contributed by atoms with E-state index in [1.165, 1.54) is 11.3 Å². The van der Waals surface area contributed by atoms with Crippen molar-refractivity contribution in [3.8, 4) is 10.7 Å². The van der Waals surface area contributed by atoms with Crippen LogP contribution >= 0.6 is 11.3 Å². The van der Waals surface area contributed by atoms with Crippen LogP contribution in [0.3, 0.4) is 0 Å². The third kappa shape index (κ3) is 4.40. The highest BCUT2D eigenvalue weighted by Crippen LogP contribution is 2.33. The first-order valence-corrected chi connectivity index (χ1v) is 12.0. The average Bonchev–Trinajstić information content (AvgIpc) is 3.22. The predicted molar refractivity (Wildman–Crippen MR) is 113 cm³/mol. The SMILES string of the molecule is CCC(C)NS(=O)(=O)c1cc(-c2nc(C)c(C(=O)N3CCOCC3)s2)n(C)c1C. The van der Waals surface area contributed by atoms with Gasteiger partial charge >= 0.3 is 0 Å². The van der Waals surface area contributed by atoms with Gasteiger partial charge in [-0.3, -0.25) is 4.79 Å². The first-order valence-electron chi connectivity index (χ1n) is 9.69. The molecular weight excluding hydrogens is 412 g/mol. The molecule has 3 heterocycles. The molecule has 3 rings (SSSR count). The van der Waals surface area contributed by atoms with E-state index < -0.39 is 10.0 Å². The quantitative estimate of drug-likeness (QED) is 0.744. The number of hydrogen-bond donors (Lipinski definition) is 1. The van der Waals surface area contributed by atoms with Crippen LogP contribution in [-0.2, 0) is 21.8 Å². The Labute approximate surface area is 175 Å². The lowest BCUT2D eigenvalue weighted by Gasteiger charge is -2.26. The number of carbonyl (C=O) groups is 1. The summed E-state index contributed by atoms with van der Waals surface area (Å²) in [6.45, 7) is 9.57. The Morgan fingerprint density at radius 1 is 1.34 bits per heavy atom. The van der Waals surface area contributed by atoms with E-state index in [0.29, 0.717) is 59.7 Å². The molecule has 1 aliphatic heterocycles. The zero-order chi connectivity index (χ0) is 21.3. The molecule has 1 amide bonds. The average molecular weight is 441 g/mol. The van der Waals surface area contributed by atoms with Crippen LogP contribution in [-0.4, -0.2) is 61.1 Å². The fourth-order valence-corrected chi connectivity index (χ4v) is 5.88. The molecule has 2 aromatic heterocycles. The standard InChI is InChI=1S/C19H28N4O4S2/c1-6-12(2)21-29(25,26)16-11-15(22(5)14(16)4)18-20-13(3)17(28-18)19(24)23-7-9-27-10-8-23/h11-12,21H,6-10H2,1-5H3. The molecule has 1 fully saturated rings. The van der Waals surface area contributed by atoms with Crippen molar-refractivity contribution < 1.29 is 17.9 Å². The molecule has 0 spiro atoms. The van der Waals surface area contributed by atoms with E-state index in [1.54, 1.807) is 17.9 Å². The molecule has 1 N–H and O–H groups in total. The molecule has 160 valence electrons. The third-order valence-corrected chi connectivity index (χ3v) is 8.13. The maximum absolute atomic E-state index is 12.9. The number of morpholine rings is 1. The molecule has 0 bridgehead atoms. The van der Waals surface area contributed by atoms with Crippen LogP contribution in [0, 0.1) is 13.8 Å². The minimum absolute atomic E-state index is 0.0493. The zero-order valence-corrected chi connectivity index (χ0v) is 19.1. The van der Waals surface area contributed by atoms with Crippen LogP contribution < -0.4 is 4.72 Å². The summed E-state index contributed by atoms with van der Waals surface area (Å²) in [5.74, 6) is -0.0493. The van der Waals surface area contributed by atoms with Crippen molar-refractivity contribution in [3.05, 3.63) is 22.3 Å². The zero-order valence-electron chi connectivity index (χ0n) is 17.5. The number of thiazole rings is 1. The number of aryl methyl sites for hydroxylation is 1. The van der Waals surface area contributed by atoms with E-state index in [9.17, 15) is 13.2 Å². The van der Waals surface area contributed by atoms with E-state index in [1.807, 2.05) is 32.4 Å². The summed E-state index contributed by atoms with van der Waals surface area (Å²) in [6, 6.07) is 1.49. The van der Waals surface area contributed by atoms with E-state index in [-0.39, 0.29) is 16.8 Å². The molecule has 8 nitrogen and oxygen atoms in total. The van der Waals surface area contributed by atoms with Crippen LogP contribution in [0.25, 0.3) is 10.7 Å². The van der Waals surface area contributed by atoms with Crippen molar-refractivity contribution in [1.82, 2.24) is 19.2 Å². The molecule has 0 aliphatic carbocycles. The van der Waals surface area contributed by atoms with Gasteiger partial charge in [-0.05, 0) is 33.3 Å². The van der Waals surface area contributed by atoms with Crippen molar-refractivity contribution in [2.24, 2.45) is 7.05 Å². The van der Waals surface area contributed by atoms with Gasteiger partial charge in [-0.2, -0.15) is 0 Å². The molecule has 2 aromatic rings. The van der Waals surface area contributed by atoms with Gasteiger partial charge in [-0.15, -0.1) is 11.3 Å². The topological polar surface area (TPSA) is 93.5 Å². The van der Waals surface area contributed by atoms with Gasteiger partial charge in [0.05, 0.1) is 24.6 Å². The number of sulfonamides is 1. The van der Waals surface area contributed by atoms with Gasteiger partial charge in [0.1, 0.15) is 14.8 Å². The molecule has 10 heteroatoms. The van der Waals surface area contributed by atoms with Crippen molar-refractivity contribution >= 4 is 27.3 Å². The Morgan fingerprint density at radius 2 is 2.00 bits per heavy atom. The van der Waals surface area contributed by atoms with E-state index in [2.05, 4.69) is 9.71 Å². The normalized spacial score (nSPS) is 16.2. The second-order valence-corrected chi connectivity index (χ2v) is 9.99. The highest BCUT2D eigenvalue weighted by atomic mass is 32.2. The Morgan fingerprint density at radius 3 is 2.62 bits per heavy atom. The van der Waals surface area contributed by atoms with Crippen molar-refractivity contribution in [3.63, 3.8) is 0 Å². The van der Waals surface area contributed by atoms with Crippen molar-refractivity contribution in [2.75, 3.05) is 26.3 Å². The Balaban J connectivity index is 1.95. The number of rotatable bonds is 6. The van der Waals surface area contributed by atoms with Crippen LogP contribution in [0.1, 0.15) is 41.3 Å². The minimum Gasteiger partial charge on any atom is -0.378 e. The van der Waals surface area contributed by atoms with E-state index >= 15 is 0 Å². The fraction of sp³-hybridized carbons (Fsp3) is 0.579. The summed E-state index contributed by atoms with van der Waals surface area (Å²) in [4.78, 5) is 20.0. The Kier molecular flexibility index (Phi) is 6.47. The second kappa shape index (κ2) is 8.55. The molecular formula is C19H28N4O4S2. The third-order valence-electron chi connectivity index (χ3n) is 5.26. The van der Waals surface area contributed by atoms with Gasteiger partial charge in [-0.1, -0.05) is 6.92 Å². The van der Waals surface area contributed by atoms with Gasteiger partial charge < -0.3 is 14.2 Å². The number of hydrogen-bond acceptors (Lipinski definition) is 6. The number of carbonyl (C=O) groups excluding carboxylic acids is 1. The largest absolute Gasteiger partial charge is 0.378 e. The maximum Gasteiger partial charge on any atom is 0.266 e. The van der Waals surface area contributed by atoms with E-state index in [0.717, 1.165) is 0 Å². The lowest BCUT2D eigenvalue weighted by atomic mass is 10.3. The molecule has 29 heavy (non-hydrogen) atoms. The first kappa shape index (κ1) is 21.9. The van der Waals surface area contributed by atoms with Crippen LogP contribution in [0.2, 0.25) is 0 Å². The minimum atomic E-state index is -3.63. The van der Waals surface area contributed by atoms with Crippen LogP contribution in [0.5, 0.6) is 0 Å². The van der Waals surface area contributed by atoms with Crippen molar-refractivity contribution in [2.45, 2.75) is 45.1 Å². The molecule has 1 aliphatic rings. The summed E-state index contributed by atoms with van der Waals surface area (Å²) < 4.78 is 35.4. The summed E-state index contributed by atoms with van der Waals surface area (Å²) in [5, 5.41) is 0.634. The molecule has 0 radical (unpaired) electrons. The second-order valence-electron chi connectivity index (χ2n) is 7.31. The molecule has 1 atom stereocenters. The number of nitrogens with zero attached hydrogens (tertiary/aromatic N) is 3. The van der Waals surface area contributed by atoms with Gasteiger partial charge in [0.25, 0.3) is 5.91 Å². The predicted octanol–water partition coefficient (Wildman–Crippen LogP) is 2.31. The summed E-state index contributed by atoms with van der Waals surface area (Å²) >= 11 is 1.30. The number of ether oxygens (including phenoxy) is 1. The Bertz CT molecular complexity index is 1000. The molecule has 0 saturated carbocycles. The summed E-state index contributed by atoms with van der Waals surface area (Å²) in [5.41, 5.74) is 1.97. The smallest absolute Gasteiger partial charge is 0.266 e.